The Labute approximate surface area is 124 Å². The number of ether oxygens (including phenoxy) is 1. The monoisotopic (exact) mass is 333 g/mol. The molecular formula is C15H12BrNO3. The number of aromatic nitrogens is 1. The second-order valence-corrected chi connectivity index (χ2v) is 4.93. The zero-order valence-electron chi connectivity index (χ0n) is 10.7. The summed E-state index contributed by atoms with van der Waals surface area (Å²) in [4.78, 5) is 26.1. The molecule has 0 spiro atoms. The Balaban J connectivity index is 2.20. The molecule has 5 heteroatoms. The number of halogens is 1. The van der Waals surface area contributed by atoms with E-state index < -0.39 is 5.56 Å². The first-order valence-electron chi connectivity index (χ1n) is 5.85. The van der Waals surface area contributed by atoms with Gasteiger partial charge in [0.25, 0.3) is 5.56 Å². The van der Waals surface area contributed by atoms with Gasteiger partial charge in [-0.2, -0.15) is 0 Å². The third-order valence-corrected chi connectivity index (χ3v) is 3.19. The molecule has 0 unspecified atom stereocenters. The van der Waals surface area contributed by atoms with Crippen LogP contribution >= 0.6 is 15.9 Å². The molecule has 2 aromatic rings. The predicted molar refractivity (Wildman–Crippen MR) is 81.1 cm³/mol. The molecule has 1 heterocycles. The molecular weight excluding hydrogens is 322 g/mol. The van der Waals surface area contributed by atoms with Crippen molar-refractivity contribution in [3.8, 4) is 5.88 Å². The number of benzene rings is 1. The molecule has 0 aliphatic carbocycles. The average molecular weight is 334 g/mol. The van der Waals surface area contributed by atoms with Crippen LogP contribution in [0.3, 0.4) is 0 Å². The third kappa shape index (κ3) is 3.45. The van der Waals surface area contributed by atoms with Crippen LogP contribution < -0.4 is 10.3 Å². The van der Waals surface area contributed by atoms with Crippen molar-refractivity contribution in [2.75, 3.05) is 7.11 Å². The molecule has 1 aromatic heterocycles. The molecule has 1 aromatic carbocycles. The SMILES string of the molecule is COc1ccc(C(=O)/C=C/c2ccc(Br)cc2)c(=O)[nH]1. The van der Waals surface area contributed by atoms with Crippen molar-refractivity contribution in [1.29, 1.82) is 0 Å². The molecule has 0 bridgehead atoms. The molecule has 1 N–H and O–H groups in total. The minimum Gasteiger partial charge on any atom is -0.482 e. The highest BCUT2D eigenvalue weighted by Gasteiger charge is 2.07. The van der Waals surface area contributed by atoms with Gasteiger partial charge in [-0.1, -0.05) is 34.1 Å². The fourth-order valence-corrected chi connectivity index (χ4v) is 1.87. The van der Waals surface area contributed by atoms with Crippen molar-refractivity contribution < 1.29 is 9.53 Å². The fourth-order valence-electron chi connectivity index (χ4n) is 1.60. The zero-order valence-corrected chi connectivity index (χ0v) is 12.3. The summed E-state index contributed by atoms with van der Waals surface area (Å²) in [5, 5.41) is 0. The van der Waals surface area contributed by atoms with Crippen LogP contribution in [0.15, 0.2) is 51.7 Å². The quantitative estimate of drug-likeness (QED) is 0.691. The van der Waals surface area contributed by atoms with E-state index in [0.29, 0.717) is 5.88 Å². The number of methoxy groups -OCH3 is 1. The highest BCUT2D eigenvalue weighted by Crippen LogP contribution is 2.12. The van der Waals surface area contributed by atoms with Gasteiger partial charge in [-0.25, -0.2) is 0 Å². The van der Waals surface area contributed by atoms with Crippen molar-refractivity contribution in [3.63, 3.8) is 0 Å². The van der Waals surface area contributed by atoms with Gasteiger partial charge in [-0.15, -0.1) is 0 Å². The molecule has 0 fully saturated rings. The predicted octanol–water partition coefficient (Wildman–Crippen LogP) is 3.04. The number of allylic oxidation sites excluding steroid dienone is 1. The van der Waals surface area contributed by atoms with E-state index in [2.05, 4.69) is 20.9 Å². The molecule has 4 nitrogen and oxygen atoms in total. The number of rotatable bonds is 4. The number of carbonyl (C=O) groups is 1. The normalized spacial score (nSPS) is 10.7. The average Bonchev–Trinajstić information content (AvgIpc) is 2.46. The molecule has 0 saturated heterocycles. The highest BCUT2D eigenvalue weighted by molar-refractivity contribution is 9.10. The fraction of sp³-hybridized carbons (Fsp3) is 0.0667. The van der Waals surface area contributed by atoms with Crippen LogP contribution in [0.2, 0.25) is 0 Å². The molecule has 20 heavy (non-hydrogen) atoms. The Hall–Kier alpha value is -2.14. The Morgan fingerprint density at radius 1 is 1.20 bits per heavy atom. The summed E-state index contributed by atoms with van der Waals surface area (Å²) < 4.78 is 5.85. The number of hydrogen-bond acceptors (Lipinski definition) is 3. The minimum absolute atomic E-state index is 0.0826. The molecule has 0 atom stereocenters. The Bertz CT molecular complexity index is 702. The second kappa shape index (κ2) is 6.34. The number of nitrogens with one attached hydrogen (secondary N) is 1. The lowest BCUT2D eigenvalue weighted by Crippen LogP contribution is -2.16. The first kappa shape index (κ1) is 14.3. The number of hydrogen-bond donors (Lipinski definition) is 1. The van der Waals surface area contributed by atoms with Gasteiger partial charge in [0, 0.05) is 4.47 Å². The van der Waals surface area contributed by atoms with Crippen LogP contribution in [0.1, 0.15) is 15.9 Å². The number of ketones is 1. The molecule has 0 amide bonds. The molecule has 0 aliphatic rings. The van der Waals surface area contributed by atoms with E-state index in [1.165, 1.54) is 19.3 Å². The van der Waals surface area contributed by atoms with Crippen LogP contribution in [0, 0.1) is 0 Å². The van der Waals surface area contributed by atoms with Gasteiger partial charge in [0.1, 0.15) is 0 Å². The van der Waals surface area contributed by atoms with Crippen LogP contribution in [-0.2, 0) is 0 Å². The molecule has 0 aliphatic heterocycles. The standard InChI is InChI=1S/C15H12BrNO3/c1-20-14-9-7-12(15(19)17-14)13(18)8-4-10-2-5-11(16)6-3-10/h2-9H,1H3,(H,17,19)/b8-4+. The van der Waals surface area contributed by atoms with Gasteiger partial charge in [-0.3, -0.25) is 14.6 Å². The van der Waals surface area contributed by atoms with E-state index in [0.717, 1.165) is 10.0 Å². The van der Waals surface area contributed by atoms with Crippen molar-refractivity contribution in [1.82, 2.24) is 4.98 Å². The highest BCUT2D eigenvalue weighted by atomic mass is 79.9. The smallest absolute Gasteiger partial charge is 0.261 e. The van der Waals surface area contributed by atoms with E-state index in [-0.39, 0.29) is 11.3 Å². The van der Waals surface area contributed by atoms with E-state index in [4.69, 9.17) is 4.74 Å². The third-order valence-electron chi connectivity index (χ3n) is 2.67. The summed E-state index contributed by atoms with van der Waals surface area (Å²) in [6.07, 6.45) is 3.04. The van der Waals surface area contributed by atoms with E-state index in [9.17, 15) is 9.59 Å². The summed E-state index contributed by atoms with van der Waals surface area (Å²) in [6.45, 7) is 0. The van der Waals surface area contributed by atoms with Crippen LogP contribution in [-0.4, -0.2) is 17.9 Å². The Morgan fingerprint density at radius 2 is 1.90 bits per heavy atom. The van der Waals surface area contributed by atoms with Crippen LogP contribution in [0.25, 0.3) is 6.08 Å². The summed E-state index contributed by atoms with van der Waals surface area (Å²) in [5.41, 5.74) is 0.500. The molecule has 0 saturated carbocycles. The maximum Gasteiger partial charge on any atom is 0.261 e. The number of aromatic amines is 1. The number of H-pyrrole nitrogens is 1. The zero-order chi connectivity index (χ0) is 14.5. The number of carbonyl (C=O) groups excluding carboxylic acids is 1. The van der Waals surface area contributed by atoms with Crippen LogP contribution in [0.4, 0.5) is 0 Å². The summed E-state index contributed by atoms with van der Waals surface area (Å²) in [7, 11) is 1.44. The first-order chi connectivity index (χ1) is 9.60. The van der Waals surface area contributed by atoms with Gasteiger partial charge in [0.15, 0.2) is 11.7 Å². The van der Waals surface area contributed by atoms with Crippen molar-refractivity contribution in [3.05, 3.63) is 68.4 Å². The lowest BCUT2D eigenvalue weighted by Gasteiger charge is -2.00. The minimum atomic E-state index is -0.463. The van der Waals surface area contributed by atoms with Gasteiger partial charge in [0.2, 0.25) is 0 Å². The maximum atomic E-state index is 11.9. The second-order valence-electron chi connectivity index (χ2n) is 4.02. The van der Waals surface area contributed by atoms with Crippen LogP contribution in [0.5, 0.6) is 5.88 Å². The van der Waals surface area contributed by atoms with Gasteiger partial charge in [-0.05, 0) is 35.9 Å². The molecule has 0 radical (unpaired) electrons. The summed E-state index contributed by atoms with van der Waals surface area (Å²) in [5.74, 6) is -0.0275. The topological polar surface area (TPSA) is 59.2 Å². The van der Waals surface area contributed by atoms with Gasteiger partial charge >= 0.3 is 0 Å². The van der Waals surface area contributed by atoms with Crippen molar-refractivity contribution >= 4 is 27.8 Å². The lowest BCUT2D eigenvalue weighted by molar-refractivity contribution is 0.104. The van der Waals surface area contributed by atoms with E-state index >= 15 is 0 Å². The van der Waals surface area contributed by atoms with E-state index in [1.54, 1.807) is 12.1 Å². The van der Waals surface area contributed by atoms with Gasteiger partial charge in [0.05, 0.1) is 12.7 Å². The first-order valence-corrected chi connectivity index (χ1v) is 6.65. The lowest BCUT2D eigenvalue weighted by atomic mass is 10.1. The summed E-state index contributed by atoms with van der Waals surface area (Å²) in [6, 6.07) is 10.5. The Kier molecular flexibility index (Phi) is 4.53. The summed E-state index contributed by atoms with van der Waals surface area (Å²) >= 11 is 3.34. The Morgan fingerprint density at radius 3 is 2.50 bits per heavy atom. The van der Waals surface area contributed by atoms with E-state index in [1.807, 2.05) is 24.3 Å². The largest absolute Gasteiger partial charge is 0.482 e. The van der Waals surface area contributed by atoms with Crippen molar-refractivity contribution in [2.45, 2.75) is 0 Å². The number of pyridine rings is 1. The van der Waals surface area contributed by atoms with Crippen molar-refractivity contribution in [2.24, 2.45) is 0 Å². The molecule has 102 valence electrons. The van der Waals surface area contributed by atoms with Gasteiger partial charge < -0.3 is 4.74 Å². The maximum absolute atomic E-state index is 11.9. The molecule has 2 rings (SSSR count).